The Balaban J connectivity index is 1.65. The highest BCUT2D eigenvalue weighted by Gasteiger charge is 2.18. The second-order valence-electron chi connectivity index (χ2n) is 5.31. The summed E-state index contributed by atoms with van der Waals surface area (Å²) in [6.07, 6.45) is 1.37. The molecule has 2 aliphatic heterocycles. The van der Waals surface area contributed by atoms with Gasteiger partial charge in [-0.05, 0) is 42.7 Å². The number of thioether (sulfide) groups is 2. The number of anilines is 1. The van der Waals surface area contributed by atoms with Gasteiger partial charge in [-0.25, -0.2) is 0 Å². The Morgan fingerprint density at radius 2 is 1.58 bits per heavy atom. The molecule has 104 valence electrons. The minimum Gasteiger partial charge on any atom is -0.369 e. The van der Waals surface area contributed by atoms with Gasteiger partial charge in [-0.2, -0.15) is 0 Å². The van der Waals surface area contributed by atoms with E-state index in [9.17, 15) is 0 Å². The smallest absolute Gasteiger partial charge is 0.0751 e. The van der Waals surface area contributed by atoms with E-state index in [0.717, 1.165) is 13.1 Å². The second kappa shape index (κ2) is 6.42. The normalized spacial score (nSPS) is 22.7. The fourth-order valence-electron chi connectivity index (χ4n) is 2.59. The van der Waals surface area contributed by atoms with Gasteiger partial charge >= 0.3 is 0 Å². The van der Waals surface area contributed by atoms with Crippen LogP contribution in [0, 0.1) is 0 Å². The first-order valence-corrected chi connectivity index (χ1v) is 9.19. The molecule has 0 unspecified atom stereocenters. The largest absolute Gasteiger partial charge is 0.369 e. The van der Waals surface area contributed by atoms with E-state index >= 15 is 0 Å². The molecule has 0 bridgehead atoms. The van der Waals surface area contributed by atoms with Gasteiger partial charge in [0.25, 0.3) is 0 Å². The van der Waals surface area contributed by atoms with Crippen LogP contribution in [0.5, 0.6) is 0 Å². The molecule has 0 spiro atoms. The van der Waals surface area contributed by atoms with Crippen molar-refractivity contribution in [1.82, 2.24) is 4.90 Å². The molecule has 0 aliphatic carbocycles. The van der Waals surface area contributed by atoms with Gasteiger partial charge in [0.15, 0.2) is 0 Å². The Kier molecular flexibility index (Phi) is 4.61. The van der Waals surface area contributed by atoms with Gasteiger partial charge in [-0.3, -0.25) is 0 Å². The van der Waals surface area contributed by atoms with E-state index in [1.54, 1.807) is 0 Å². The van der Waals surface area contributed by atoms with Crippen molar-refractivity contribution in [2.75, 3.05) is 49.6 Å². The zero-order chi connectivity index (χ0) is 13.1. The summed E-state index contributed by atoms with van der Waals surface area (Å²) in [6.45, 7) is 4.66. The zero-order valence-electron chi connectivity index (χ0n) is 11.5. The van der Waals surface area contributed by atoms with Crippen molar-refractivity contribution in [1.29, 1.82) is 0 Å². The molecule has 19 heavy (non-hydrogen) atoms. The van der Waals surface area contributed by atoms with Crippen molar-refractivity contribution in [3.63, 3.8) is 0 Å². The van der Waals surface area contributed by atoms with Crippen molar-refractivity contribution in [3.8, 4) is 0 Å². The van der Waals surface area contributed by atoms with Gasteiger partial charge in [0, 0.05) is 31.9 Å². The monoisotopic (exact) mass is 294 g/mol. The number of rotatable bonds is 2. The van der Waals surface area contributed by atoms with E-state index in [1.165, 1.54) is 42.3 Å². The Bertz CT molecular complexity index is 393. The van der Waals surface area contributed by atoms with Crippen LogP contribution in [0.2, 0.25) is 0 Å². The number of likely N-dealkylation sites (N-methyl/N-ethyl adjacent to an activating group) is 1. The SMILES string of the molecule is CN1CCN(c2ccc(C3SCCCS3)cc2)CC1. The summed E-state index contributed by atoms with van der Waals surface area (Å²) in [7, 11) is 2.21. The summed E-state index contributed by atoms with van der Waals surface area (Å²) in [4.78, 5) is 4.91. The Morgan fingerprint density at radius 1 is 0.947 bits per heavy atom. The summed E-state index contributed by atoms with van der Waals surface area (Å²) in [5.41, 5.74) is 2.88. The molecule has 0 amide bonds. The summed E-state index contributed by atoms with van der Waals surface area (Å²) >= 11 is 4.20. The fourth-order valence-corrected chi connectivity index (χ4v) is 5.48. The van der Waals surface area contributed by atoms with E-state index in [2.05, 4.69) is 64.6 Å². The maximum absolute atomic E-state index is 2.50. The first-order chi connectivity index (χ1) is 9.33. The predicted molar refractivity (Wildman–Crippen MR) is 88.4 cm³/mol. The highest BCUT2D eigenvalue weighted by Crippen LogP contribution is 2.43. The summed E-state index contributed by atoms with van der Waals surface area (Å²) in [5.74, 6) is 2.63. The van der Waals surface area contributed by atoms with Crippen LogP contribution in [0.1, 0.15) is 16.6 Å². The third-order valence-electron chi connectivity index (χ3n) is 3.86. The van der Waals surface area contributed by atoms with Gasteiger partial charge < -0.3 is 9.80 Å². The Morgan fingerprint density at radius 3 is 2.21 bits per heavy atom. The number of hydrogen-bond donors (Lipinski definition) is 0. The molecule has 0 atom stereocenters. The average molecular weight is 294 g/mol. The molecule has 4 heteroatoms. The number of nitrogens with zero attached hydrogens (tertiary/aromatic N) is 2. The second-order valence-corrected chi connectivity index (χ2v) is 8.03. The van der Waals surface area contributed by atoms with Crippen LogP contribution in [-0.2, 0) is 0 Å². The predicted octanol–water partition coefficient (Wildman–Crippen LogP) is 3.31. The molecule has 0 radical (unpaired) electrons. The standard InChI is InChI=1S/C15H22N2S2/c1-16-7-9-17(10-8-16)14-5-3-13(4-6-14)15-18-11-2-12-19-15/h3-6,15H,2,7-12H2,1H3. The lowest BCUT2D eigenvalue weighted by Crippen LogP contribution is -2.44. The summed E-state index contributed by atoms with van der Waals surface area (Å²) in [5, 5.41) is 0. The van der Waals surface area contributed by atoms with E-state index in [1.807, 2.05) is 0 Å². The van der Waals surface area contributed by atoms with Crippen molar-refractivity contribution >= 4 is 29.2 Å². The lowest BCUT2D eigenvalue weighted by Gasteiger charge is -2.34. The third-order valence-corrected chi connectivity index (χ3v) is 6.88. The molecular formula is C15H22N2S2. The van der Waals surface area contributed by atoms with Crippen LogP contribution < -0.4 is 4.90 Å². The maximum atomic E-state index is 2.50. The first kappa shape index (κ1) is 13.7. The van der Waals surface area contributed by atoms with Crippen molar-refractivity contribution in [3.05, 3.63) is 29.8 Å². The molecule has 1 aromatic rings. The molecule has 1 aromatic carbocycles. The molecule has 0 N–H and O–H groups in total. The van der Waals surface area contributed by atoms with Gasteiger partial charge in [0.05, 0.1) is 4.58 Å². The minimum atomic E-state index is 0.662. The summed E-state index contributed by atoms with van der Waals surface area (Å²) < 4.78 is 0.662. The lowest BCUT2D eigenvalue weighted by atomic mass is 10.2. The van der Waals surface area contributed by atoms with Crippen LogP contribution in [-0.4, -0.2) is 49.6 Å². The van der Waals surface area contributed by atoms with Gasteiger partial charge in [0.2, 0.25) is 0 Å². The third kappa shape index (κ3) is 3.41. The van der Waals surface area contributed by atoms with Crippen molar-refractivity contribution < 1.29 is 0 Å². The minimum absolute atomic E-state index is 0.662. The van der Waals surface area contributed by atoms with Crippen LogP contribution in [0.25, 0.3) is 0 Å². The fraction of sp³-hybridized carbons (Fsp3) is 0.600. The van der Waals surface area contributed by atoms with Gasteiger partial charge in [0.1, 0.15) is 0 Å². The number of benzene rings is 1. The maximum Gasteiger partial charge on any atom is 0.0751 e. The average Bonchev–Trinajstić information content (AvgIpc) is 2.49. The van der Waals surface area contributed by atoms with E-state index in [0.29, 0.717) is 4.58 Å². The highest BCUT2D eigenvalue weighted by atomic mass is 32.2. The van der Waals surface area contributed by atoms with Crippen LogP contribution >= 0.6 is 23.5 Å². The summed E-state index contributed by atoms with van der Waals surface area (Å²) in [6, 6.07) is 9.31. The molecule has 2 heterocycles. The van der Waals surface area contributed by atoms with Gasteiger partial charge in [-0.15, -0.1) is 23.5 Å². The van der Waals surface area contributed by atoms with Crippen molar-refractivity contribution in [2.45, 2.75) is 11.0 Å². The molecule has 3 rings (SSSR count). The van der Waals surface area contributed by atoms with E-state index in [4.69, 9.17) is 0 Å². The number of piperazine rings is 1. The molecule has 2 aliphatic rings. The molecule has 0 aromatic heterocycles. The van der Waals surface area contributed by atoms with Gasteiger partial charge in [-0.1, -0.05) is 12.1 Å². The molecule has 2 nitrogen and oxygen atoms in total. The Hall–Kier alpha value is -0.320. The zero-order valence-corrected chi connectivity index (χ0v) is 13.2. The lowest BCUT2D eigenvalue weighted by molar-refractivity contribution is 0.313. The van der Waals surface area contributed by atoms with E-state index < -0.39 is 0 Å². The van der Waals surface area contributed by atoms with Crippen LogP contribution in [0.4, 0.5) is 5.69 Å². The van der Waals surface area contributed by atoms with E-state index in [-0.39, 0.29) is 0 Å². The van der Waals surface area contributed by atoms with Crippen LogP contribution in [0.15, 0.2) is 24.3 Å². The number of hydrogen-bond acceptors (Lipinski definition) is 4. The molecule has 2 fully saturated rings. The molecule has 0 saturated carbocycles. The first-order valence-electron chi connectivity index (χ1n) is 7.09. The quantitative estimate of drug-likeness (QED) is 0.825. The Labute approximate surface area is 124 Å². The molecule has 2 saturated heterocycles. The molecular weight excluding hydrogens is 272 g/mol. The topological polar surface area (TPSA) is 6.48 Å². The van der Waals surface area contributed by atoms with Crippen molar-refractivity contribution in [2.24, 2.45) is 0 Å². The highest BCUT2D eigenvalue weighted by molar-refractivity contribution is 8.16. The van der Waals surface area contributed by atoms with Crippen LogP contribution in [0.3, 0.4) is 0 Å².